The van der Waals surface area contributed by atoms with Crippen LogP contribution in [-0.4, -0.2) is 22.8 Å². The van der Waals surface area contributed by atoms with Gasteiger partial charge in [-0.15, -0.1) is 0 Å². The third kappa shape index (κ3) is 4.85. The molecule has 0 fully saturated rings. The molecule has 0 saturated carbocycles. The number of hydrogen-bond donors (Lipinski definition) is 2. The predicted molar refractivity (Wildman–Crippen MR) is 88.7 cm³/mol. The second-order valence-corrected chi connectivity index (χ2v) is 6.09. The van der Waals surface area contributed by atoms with Crippen LogP contribution in [0.5, 0.6) is 0 Å². The zero-order valence-corrected chi connectivity index (χ0v) is 13.3. The molecule has 120 valence electrons. The maximum Gasteiger partial charge on any atom is 0.412 e. The van der Waals surface area contributed by atoms with Crippen molar-refractivity contribution in [2.24, 2.45) is 0 Å². The molecule has 5 nitrogen and oxygen atoms in total. The molecule has 0 heterocycles. The van der Waals surface area contributed by atoms with Crippen LogP contribution >= 0.6 is 0 Å². The molecule has 2 rings (SSSR count). The lowest BCUT2D eigenvalue weighted by Crippen LogP contribution is -2.27. The van der Waals surface area contributed by atoms with Gasteiger partial charge in [-0.05, 0) is 56.2 Å². The SMILES string of the molecule is CC(C)(C)OC(=O)Nc1cccc(-c2ccc(C(=O)O)cc2)c1. The highest BCUT2D eigenvalue weighted by Crippen LogP contribution is 2.23. The average Bonchev–Trinajstić information content (AvgIpc) is 2.45. The van der Waals surface area contributed by atoms with E-state index in [-0.39, 0.29) is 5.56 Å². The minimum Gasteiger partial charge on any atom is -0.478 e. The number of hydrogen-bond acceptors (Lipinski definition) is 3. The van der Waals surface area contributed by atoms with Gasteiger partial charge >= 0.3 is 12.1 Å². The molecule has 0 aliphatic carbocycles. The highest BCUT2D eigenvalue weighted by Gasteiger charge is 2.16. The first-order valence-corrected chi connectivity index (χ1v) is 7.18. The molecule has 2 aromatic rings. The van der Waals surface area contributed by atoms with Gasteiger partial charge < -0.3 is 9.84 Å². The number of benzene rings is 2. The maximum absolute atomic E-state index is 11.8. The van der Waals surface area contributed by atoms with Gasteiger partial charge in [0.05, 0.1) is 5.56 Å². The standard InChI is InChI=1S/C18H19NO4/c1-18(2,3)23-17(22)19-15-6-4-5-14(11-15)12-7-9-13(10-8-12)16(20)21/h4-11H,1-3H3,(H,19,22)(H,20,21). The molecule has 0 unspecified atom stereocenters. The van der Waals surface area contributed by atoms with Crippen molar-refractivity contribution in [1.29, 1.82) is 0 Å². The summed E-state index contributed by atoms with van der Waals surface area (Å²) < 4.78 is 5.21. The Morgan fingerprint density at radius 1 is 1.00 bits per heavy atom. The van der Waals surface area contributed by atoms with Crippen LogP contribution in [0.25, 0.3) is 11.1 Å². The molecule has 1 amide bonds. The van der Waals surface area contributed by atoms with Crippen molar-refractivity contribution in [1.82, 2.24) is 0 Å². The summed E-state index contributed by atoms with van der Waals surface area (Å²) in [4.78, 5) is 22.7. The van der Waals surface area contributed by atoms with Crippen LogP contribution < -0.4 is 5.32 Å². The van der Waals surface area contributed by atoms with Crippen molar-refractivity contribution in [2.75, 3.05) is 5.32 Å². The molecule has 23 heavy (non-hydrogen) atoms. The minimum absolute atomic E-state index is 0.233. The number of carbonyl (C=O) groups excluding carboxylic acids is 1. The van der Waals surface area contributed by atoms with Crippen molar-refractivity contribution in [3.63, 3.8) is 0 Å². The van der Waals surface area contributed by atoms with Gasteiger partial charge in [-0.25, -0.2) is 9.59 Å². The zero-order chi connectivity index (χ0) is 17.0. The highest BCUT2D eigenvalue weighted by atomic mass is 16.6. The van der Waals surface area contributed by atoms with Crippen molar-refractivity contribution in [2.45, 2.75) is 26.4 Å². The Morgan fingerprint density at radius 2 is 1.65 bits per heavy atom. The third-order valence-electron chi connectivity index (χ3n) is 2.97. The number of nitrogens with one attached hydrogen (secondary N) is 1. The van der Waals surface area contributed by atoms with Crippen LogP contribution in [0.3, 0.4) is 0 Å². The first-order valence-electron chi connectivity index (χ1n) is 7.18. The Balaban J connectivity index is 2.16. The lowest BCUT2D eigenvalue weighted by molar-refractivity contribution is 0.0634. The first kappa shape index (κ1) is 16.5. The van der Waals surface area contributed by atoms with E-state index in [1.165, 1.54) is 0 Å². The highest BCUT2D eigenvalue weighted by molar-refractivity contribution is 5.89. The molecule has 0 radical (unpaired) electrons. The van der Waals surface area contributed by atoms with E-state index in [4.69, 9.17) is 9.84 Å². The Morgan fingerprint density at radius 3 is 2.22 bits per heavy atom. The van der Waals surface area contributed by atoms with Gasteiger partial charge in [0.1, 0.15) is 5.60 Å². The van der Waals surface area contributed by atoms with Crippen molar-refractivity contribution in [3.05, 3.63) is 54.1 Å². The monoisotopic (exact) mass is 313 g/mol. The van der Waals surface area contributed by atoms with E-state index in [1.807, 2.05) is 12.1 Å². The fourth-order valence-electron chi connectivity index (χ4n) is 2.00. The summed E-state index contributed by atoms with van der Waals surface area (Å²) in [5.41, 5.74) is 2.02. The Bertz CT molecular complexity index is 715. The summed E-state index contributed by atoms with van der Waals surface area (Å²) in [5, 5.41) is 11.6. The lowest BCUT2D eigenvalue weighted by Gasteiger charge is -2.19. The predicted octanol–water partition coefficient (Wildman–Crippen LogP) is 4.40. The normalized spacial score (nSPS) is 10.9. The number of anilines is 1. The molecular formula is C18H19NO4. The van der Waals surface area contributed by atoms with Crippen LogP contribution in [0.15, 0.2) is 48.5 Å². The maximum atomic E-state index is 11.8. The second-order valence-electron chi connectivity index (χ2n) is 6.09. The molecule has 5 heteroatoms. The fourth-order valence-corrected chi connectivity index (χ4v) is 2.00. The molecule has 0 aliphatic rings. The van der Waals surface area contributed by atoms with Gasteiger partial charge in [0.15, 0.2) is 0 Å². The smallest absolute Gasteiger partial charge is 0.412 e. The molecular weight excluding hydrogens is 294 g/mol. The quantitative estimate of drug-likeness (QED) is 0.880. The summed E-state index contributed by atoms with van der Waals surface area (Å²) in [5.74, 6) is -0.961. The van der Waals surface area contributed by atoms with Gasteiger partial charge in [0, 0.05) is 5.69 Å². The van der Waals surface area contributed by atoms with E-state index >= 15 is 0 Å². The van der Waals surface area contributed by atoms with Crippen molar-refractivity contribution < 1.29 is 19.4 Å². The average molecular weight is 313 g/mol. The number of carboxylic acids is 1. The van der Waals surface area contributed by atoms with Gasteiger partial charge in [-0.3, -0.25) is 5.32 Å². The van der Waals surface area contributed by atoms with Crippen LogP contribution in [0.2, 0.25) is 0 Å². The largest absolute Gasteiger partial charge is 0.478 e. The number of carbonyl (C=O) groups is 2. The molecule has 0 spiro atoms. The Hall–Kier alpha value is -2.82. The van der Waals surface area contributed by atoms with E-state index in [1.54, 1.807) is 57.2 Å². The molecule has 0 aromatic heterocycles. The van der Waals surface area contributed by atoms with Gasteiger partial charge in [0.2, 0.25) is 0 Å². The summed E-state index contributed by atoms with van der Waals surface area (Å²) >= 11 is 0. The second kappa shape index (κ2) is 6.52. The molecule has 0 bridgehead atoms. The summed E-state index contributed by atoms with van der Waals surface area (Å²) in [7, 11) is 0. The number of rotatable bonds is 3. The molecule has 2 aromatic carbocycles. The van der Waals surface area contributed by atoms with Crippen LogP contribution in [0.1, 0.15) is 31.1 Å². The van der Waals surface area contributed by atoms with E-state index in [2.05, 4.69) is 5.32 Å². The summed E-state index contributed by atoms with van der Waals surface area (Å²) in [6, 6.07) is 13.8. The van der Waals surface area contributed by atoms with Gasteiger partial charge in [-0.1, -0.05) is 24.3 Å². The van der Waals surface area contributed by atoms with Gasteiger partial charge in [0.25, 0.3) is 0 Å². The van der Waals surface area contributed by atoms with E-state index < -0.39 is 17.7 Å². The Labute approximate surface area is 134 Å². The van der Waals surface area contributed by atoms with Crippen molar-refractivity contribution in [3.8, 4) is 11.1 Å². The van der Waals surface area contributed by atoms with Crippen LogP contribution in [0.4, 0.5) is 10.5 Å². The number of aromatic carboxylic acids is 1. The molecule has 0 atom stereocenters. The van der Waals surface area contributed by atoms with E-state index in [9.17, 15) is 9.59 Å². The number of ether oxygens (including phenoxy) is 1. The van der Waals surface area contributed by atoms with Crippen LogP contribution in [-0.2, 0) is 4.74 Å². The minimum atomic E-state index is -0.961. The van der Waals surface area contributed by atoms with Gasteiger partial charge in [-0.2, -0.15) is 0 Å². The third-order valence-corrected chi connectivity index (χ3v) is 2.97. The Kier molecular flexibility index (Phi) is 4.69. The topological polar surface area (TPSA) is 75.6 Å². The van der Waals surface area contributed by atoms with E-state index in [0.29, 0.717) is 5.69 Å². The number of amides is 1. The molecule has 0 aliphatic heterocycles. The summed E-state index contributed by atoms with van der Waals surface area (Å²) in [6.07, 6.45) is -0.518. The first-order chi connectivity index (χ1) is 10.7. The number of carboxylic acid groups (broad SMARTS) is 1. The fraction of sp³-hybridized carbons (Fsp3) is 0.222. The zero-order valence-electron chi connectivity index (χ0n) is 13.3. The lowest BCUT2D eigenvalue weighted by atomic mass is 10.0. The summed E-state index contributed by atoms with van der Waals surface area (Å²) in [6.45, 7) is 5.40. The van der Waals surface area contributed by atoms with Crippen LogP contribution in [0, 0.1) is 0 Å². The van der Waals surface area contributed by atoms with E-state index in [0.717, 1.165) is 11.1 Å². The molecule has 0 saturated heterocycles. The van der Waals surface area contributed by atoms with Crippen molar-refractivity contribution >= 4 is 17.7 Å². The molecule has 2 N–H and O–H groups in total.